The van der Waals surface area contributed by atoms with Gasteiger partial charge in [0.1, 0.15) is 5.82 Å². The fourth-order valence-electron chi connectivity index (χ4n) is 2.42. The van der Waals surface area contributed by atoms with Gasteiger partial charge in [0, 0.05) is 29.7 Å². The van der Waals surface area contributed by atoms with Crippen LogP contribution in [0, 0.1) is 5.82 Å². The summed E-state index contributed by atoms with van der Waals surface area (Å²) < 4.78 is 13.5. The molecular formula is C14H20ClFN2. The molecule has 0 aliphatic carbocycles. The first-order valence-electron chi connectivity index (χ1n) is 6.56. The molecule has 1 heterocycles. The first kappa shape index (κ1) is 13.8. The molecule has 1 saturated heterocycles. The lowest BCUT2D eigenvalue weighted by atomic mass is 10.2. The van der Waals surface area contributed by atoms with Gasteiger partial charge in [-0.2, -0.15) is 0 Å². The van der Waals surface area contributed by atoms with Crippen LogP contribution >= 0.6 is 11.6 Å². The molecule has 1 atom stereocenters. The van der Waals surface area contributed by atoms with E-state index < -0.39 is 0 Å². The van der Waals surface area contributed by atoms with Gasteiger partial charge in [0.05, 0.1) is 0 Å². The predicted molar refractivity (Wildman–Crippen MR) is 73.4 cm³/mol. The fraction of sp³-hybridized carbons (Fsp3) is 0.571. The maximum absolute atomic E-state index is 13.5. The van der Waals surface area contributed by atoms with E-state index in [0.29, 0.717) is 23.2 Å². The summed E-state index contributed by atoms with van der Waals surface area (Å²) in [6.45, 7) is 5.93. The molecule has 0 amide bonds. The minimum absolute atomic E-state index is 0.233. The largest absolute Gasteiger partial charge is 0.311 e. The third-order valence-electron chi connectivity index (χ3n) is 3.57. The summed E-state index contributed by atoms with van der Waals surface area (Å²) in [5.74, 6) is -0.233. The molecule has 1 fully saturated rings. The first-order chi connectivity index (χ1) is 8.68. The Bertz CT molecular complexity index is 371. The highest BCUT2D eigenvalue weighted by molar-refractivity contribution is 6.31. The molecule has 1 aromatic carbocycles. The molecule has 4 heteroatoms. The van der Waals surface area contributed by atoms with Crippen molar-refractivity contribution < 1.29 is 4.39 Å². The van der Waals surface area contributed by atoms with Crippen molar-refractivity contribution in [3.63, 3.8) is 0 Å². The molecule has 0 radical (unpaired) electrons. The van der Waals surface area contributed by atoms with Gasteiger partial charge in [-0.1, -0.05) is 17.7 Å². The molecule has 0 aromatic heterocycles. The second kappa shape index (κ2) is 6.50. The zero-order valence-electron chi connectivity index (χ0n) is 10.8. The average Bonchev–Trinajstić information content (AvgIpc) is 2.86. The van der Waals surface area contributed by atoms with Crippen LogP contribution in [0.3, 0.4) is 0 Å². The van der Waals surface area contributed by atoms with Crippen LogP contribution in [0.4, 0.5) is 4.39 Å². The smallest absolute Gasteiger partial charge is 0.129 e. The van der Waals surface area contributed by atoms with Crippen molar-refractivity contribution in [3.8, 4) is 0 Å². The van der Waals surface area contributed by atoms with Gasteiger partial charge in [-0.25, -0.2) is 4.39 Å². The van der Waals surface area contributed by atoms with Gasteiger partial charge in [-0.3, -0.25) is 4.90 Å². The second-order valence-corrected chi connectivity index (χ2v) is 5.33. The van der Waals surface area contributed by atoms with E-state index in [1.807, 2.05) is 0 Å². The Kier molecular flexibility index (Phi) is 4.98. The van der Waals surface area contributed by atoms with Crippen molar-refractivity contribution in [3.05, 3.63) is 34.6 Å². The molecule has 18 heavy (non-hydrogen) atoms. The summed E-state index contributed by atoms with van der Waals surface area (Å²) in [4.78, 5) is 2.47. The van der Waals surface area contributed by atoms with Crippen LogP contribution in [0.15, 0.2) is 18.2 Å². The number of nitrogens with zero attached hydrogens (tertiary/aromatic N) is 1. The monoisotopic (exact) mass is 270 g/mol. The lowest BCUT2D eigenvalue weighted by molar-refractivity contribution is 0.251. The molecule has 2 nitrogen and oxygen atoms in total. The van der Waals surface area contributed by atoms with Gasteiger partial charge >= 0.3 is 0 Å². The number of hydrogen-bond donors (Lipinski definition) is 1. The Hall–Kier alpha value is -0.640. The van der Waals surface area contributed by atoms with Crippen molar-refractivity contribution in [2.45, 2.75) is 32.4 Å². The van der Waals surface area contributed by atoms with Crippen LogP contribution in [-0.2, 0) is 6.54 Å². The van der Waals surface area contributed by atoms with Crippen LogP contribution < -0.4 is 5.32 Å². The highest BCUT2D eigenvalue weighted by Crippen LogP contribution is 2.18. The van der Waals surface area contributed by atoms with E-state index in [1.54, 1.807) is 12.1 Å². The van der Waals surface area contributed by atoms with Crippen molar-refractivity contribution in [1.29, 1.82) is 0 Å². The van der Waals surface area contributed by atoms with Gasteiger partial charge in [-0.15, -0.1) is 0 Å². The van der Waals surface area contributed by atoms with Crippen LogP contribution in [0.25, 0.3) is 0 Å². The number of likely N-dealkylation sites (tertiary alicyclic amines) is 1. The Morgan fingerprint density at radius 2 is 2.11 bits per heavy atom. The summed E-state index contributed by atoms with van der Waals surface area (Å²) in [5.41, 5.74) is 0.563. The van der Waals surface area contributed by atoms with E-state index in [2.05, 4.69) is 17.1 Å². The van der Waals surface area contributed by atoms with E-state index >= 15 is 0 Å². The number of halogens is 2. The van der Waals surface area contributed by atoms with Gasteiger partial charge in [0.2, 0.25) is 0 Å². The topological polar surface area (TPSA) is 15.3 Å². The number of nitrogens with one attached hydrogen (secondary N) is 1. The minimum atomic E-state index is -0.233. The number of hydrogen-bond acceptors (Lipinski definition) is 2. The van der Waals surface area contributed by atoms with E-state index in [9.17, 15) is 4.39 Å². The van der Waals surface area contributed by atoms with Gasteiger partial charge < -0.3 is 5.32 Å². The van der Waals surface area contributed by atoms with Crippen molar-refractivity contribution in [1.82, 2.24) is 10.2 Å². The molecule has 1 aromatic rings. The Balaban J connectivity index is 1.81. The number of benzene rings is 1. The predicted octanol–water partition coefficient (Wildman–Crippen LogP) is 3.05. The van der Waals surface area contributed by atoms with E-state index in [-0.39, 0.29) is 5.82 Å². The molecule has 100 valence electrons. The van der Waals surface area contributed by atoms with Crippen LogP contribution in [0.1, 0.15) is 25.3 Å². The molecule has 0 spiro atoms. The SMILES string of the molecule is CC(CNCc1c(F)cccc1Cl)N1CCCC1. The third kappa shape index (κ3) is 3.44. The first-order valence-corrected chi connectivity index (χ1v) is 6.94. The molecule has 0 saturated carbocycles. The molecule has 1 aliphatic rings. The molecule has 2 rings (SSSR count). The molecule has 1 unspecified atom stereocenters. The highest BCUT2D eigenvalue weighted by atomic mass is 35.5. The average molecular weight is 271 g/mol. The normalized spacial score (nSPS) is 18.2. The molecular weight excluding hydrogens is 251 g/mol. The Morgan fingerprint density at radius 1 is 1.39 bits per heavy atom. The van der Waals surface area contributed by atoms with E-state index in [4.69, 9.17) is 11.6 Å². The summed E-state index contributed by atoms with van der Waals surface area (Å²) in [5, 5.41) is 3.79. The molecule has 1 aliphatic heterocycles. The maximum atomic E-state index is 13.5. The zero-order valence-corrected chi connectivity index (χ0v) is 11.5. The van der Waals surface area contributed by atoms with E-state index in [0.717, 1.165) is 6.54 Å². The van der Waals surface area contributed by atoms with Gasteiger partial charge in [0.15, 0.2) is 0 Å². The van der Waals surface area contributed by atoms with Gasteiger partial charge in [-0.05, 0) is 45.0 Å². The highest BCUT2D eigenvalue weighted by Gasteiger charge is 2.17. The summed E-state index contributed by atoms with van der Waals surface area (Å²) >= 11 is 5.98. The second-order valence-electron chi connectivity index (χ2n) is 4.92. The zero-order chi connectivity index (χ0) is 13.0. The lowest BCUT2D eigenvalue weighted by Crippen LogP contribution is -2.38. The quantitative estimate of drug-likeness (QED) is 0.885. The standard InChI is InChI=1S/C14H20ClFN2/c1-11(18-7-2-3-8-18)9-17-10-12-13(15)5-4-6-14(12)16/h4-6,11,17H,2-3,7-10H2,1H3. The minimum Gasteiger partial charge on any atom is -0.311 e. The third-order valence-corrected chi connectivity index (χ3v) is 3.92. The molecule has 1 N–H and O–H groups in total. The van der Waals surface area contributed by atoms with Crippen molar-refractivity contribution in [2.75, 3.05) is 19.6 Å². The molecule has 0 bridgehead atoms. The summed E-state index contributed by atoms with van der Waals surface area (Å²) in [6, 6.07) is 5.31. The Labute approximate surface area is 113 Å². The van der Waals surface area contributed by atoms with Crippen LogP contribution in [0.5, 0.6) is 0 Å². The van der Waals surface area contributed by atoms with Crippen molar-refractivity contribution >= 4 is 11.6 Å². The maximum Gasteiger partial charge on any atom is 0.129 e. The summed E-state index contributed by atoms with van der Waals surface area (Å²) in [7, 11) is 0. The van der Waals surface area contributed by atoms with Crippen molar-refractivity contribution in [2.24, 2.45) is 0 Å². The lowest BCUT2D eigenvalue weighted by Gasteiger charge is -2.24. The van der Waals surface area contributed by atoms with Crippen LogP contribution in [0.2, 0.25) is 5.02 Å². The fourth-order valence-corrected chi connectivity index (χ4v) is 2.65. The van der Waals surface area contributed by atoms with E-state index in [1.165, 1.54) is 32.0 Å². The summed E-state index contributed by atoms with van der Waals surface area (Å²) in [6.07, 6.45) is 2.59. The van der Waals surface area contributed by atoms with Crippen LogP contribution in [-0.4, -0.2) is 30.6 Å². The van der Waals surface area contributed by atoms with Gasteiger partial charge in [0.25, 0.3) is 0 Å². The number of rotatable bonds is 5. The Morgan fingerprint density at radius 3 is 2.78 bits per heavy atom.